The third-order valence-electron chi connectivity index (χ3n) is 5.78. The van der Waals surface area contributed by atoms with Gasteiger partial charge in [0.15, 0.2) is 0 Å². The van der Waals surface area contributed by atoms with Gasteiger partial charge in [0.05, 0.1) is 26.2 Å². The fourth-order valence-corrected chi connectivity index (χ4v) is 4.85. The van der Waals surface area contributed by atoms with Crippen molar-refractivity contribution in [1.29, 1.82) is 0 Å². The number of carbonyl (C=O) groups excluding carboxylic acids is 1. The van der Waals surface area contributed by atoms with Crippen molar-refractivity contribution < 1.29 is 22.7 Å². The molecule has 1 aliphatic rings. The number of rotatable bonds is 10. The number of likely N-dealkylation sites (tertiary alicyclic amines) is 1. The van der Waals surface area contributed by atoms with E-state index in [0.29, 0.717) is 18.0 Å². The third-order valence-corrected chi connectivity index (χ3v) is 6.91. The van der Waals surface area contributed by atoms with E-state index < -0.39 is 15.9 Å². The molecular weight excluding hydrogens is 442 g/mol. The zero-order valence-electron chi connectivity index (χ0n) is 19.5. The highest BCUT2D eigenvalue weighted by Crippen LogP contribution is 2.33. The van der Waals surface area contributed by atoms with E-state index in [1.54, 1.807) is 18.2 Å². The average molecular weight is 476 g/mol. The molecular formula is C24H33N3O5S. The fraction of sp³-hybridized carbons (Fsp3) is 0.458. The SMILES string of the molecule is COc1ccc(N(CC(=O)NCc2ccccc2CN2CCCCC2)S(C)(=O)=O)c(OC)c1. The molecule has 0 radical (unpaired) electrons. The first-order valence-corrected chi connectivity index (χ1v) is 12.9. The largest absolute Gasteiger partial charge is 0.497 e. The van der Waals surface area contributed by atoms with Crippen LogP contribution >= 0.6 is 0 Å². The Morgan fingerprint density at radius 1 is 1.03 bits per heavy atom. The number of nitrogens with zero attached hydrogens (tertiary/aromatic N) is 2. The predicted octanol–water partition coefficient (Wildman–Crippen LogP) is 2.77. The Balaban J connectivity index is 1.70. The lowest BCUT2D eigenvalue weighted by atomic mass is 10.0. The molecule has 180 valence electrons. The first-order chi connectivity index (χ1) is 15.8. The van der Waals surface area contributed by atoms with Crippen LogP contribution in [0.1, 0.15) is 30.4 Å². The molecule has 0 atom stereocenters. The summed E-state index contributed by atoms with van der Waals surface area (Å²) in [6.45, 7) is 3.02. The lowest BCUT2D eigenvalue weighted by Gasteiger charge is -2.27. The monoisotopic (exact) mass is 475 g/mol. The topological polar surface area (TPSA) is 88.2 Å². The summed E-state index contributed by atoms with van der Waals surface area (Å²) < 4.78 is 36.5. The van der Waals surface area contributed by atoms with Gasteiger partial charge in [0.1, 0.15) is 18.0 Å². The van der Waals surface area contributed by atoms with E-state index in [9.17, 15) is 13.2 Å². The van der Waals surface area contributed by atoms with Crippen LogP contribution in [0.25, 0.3) is 0 Å². The minimum Gasteiger partial charge on any atom is -0.497 e. The normalized spacial score (nSPS) is 14.5. The summed E-state index contributed by atoms with van der Waals surface area (Å²) in [5.74, 6) is 0.435. The van der Waals surface area contributed by atoms with Gasteiger partial charge in [0.25, 0.3) is 0 Å². The Hall–Kier alpha value is -2.78. The van der Waals surface area contributed by atoms with E-state index in [0.717, 1.165) is 35.8 Å². The van der Waals surface area contributed by atoms with E-state index in [1.807, 2.05) is 18.2 Å². The molecule has 1 heterocycles. The van der Waals surface area contributed by atoms with Gasteiger partial charge in [-0.1, -0.05) is 30.7 Å². The highest BCUT2D eigenvalue weighted by molar-refractivity contribution is 7.92. The molecule has 1 fully saturated rings. The molecule has 1 saturated heterocycles. The van der Waals surface area contributed by atoms with Crippen LogP contribution in [-0.4, -0.2) is 59.3 Å². The molecule has 8 nitrogen and oxygen atoms in total. The number of sulfonamides is 1. The van der Waals surface area contributed by atoms with Crippen molar-refractivity contribution >= 4 is 21.6 Å². The maximum absolute atomic E-state index is 12.8. The molecule has 0 aromatic heterocycles. The Morgan fingerprint density at radius 3 is 2.36 bits per heavy atom. The van der Waals surface area contributed by atoms with Crippen molar-refractivity contribution in [2.75, 3.05) is 44.4 Å². The van der Waals surface area contributed by atoms with Crippen LogP contribution in [0, 0.1) is 0 Å². The Kier molecular flexibility index (Phi) is 8.57. The van der Waals surface area contributed by atoms with E-state index >= 15 is 0 Å². The van der Waals surface area contributed by atoms with Crippen molar-refractivity contribution in [1.82, 2.24) is 10.2 Å². The molecule has 2 aromatic carbocycles. The van der Waals surface area contributed by atoms with Gasteiger partial charge in [0.2, 0.25) is 15.9 Å². The zero-order valence-corrected chi connectivity index (χ0v) is 20.4. The van der Waals surface area contributed by atoms with Gasteiger partial charge < -0.3 is 14.8 Å². The van der Waals surface area contributed by atoms with Crippen molar-refractivity contribution in [3.63, 3.8) is 0 Å². The highest BCUT2D eigenvalue weighted by Gasteiger charge is 2.24. The van der Waals surface area contributed by atoms with Crippen LogP contribution in [-0.2, 0) is 27.9 Å². The van der Waals surface area contributed by atoms with E-state index in [-0.39, 0.29) is 12.2 Å². The maximum Gasteiger partial charge on any atom is 0.241 e. The number of anilines is 1. The van der Waals surface area contributed by atoms with E-state index in [2.05, 4.69) is 16.3 Å². The van der Waals surface area contributed by atoms with Crippen molar-refractivity contribution in [2.24, 2.45) is 0 Å². The van der Waals surface area contributed by atoms with Crippen LogP contribution in [0.4, 0.5) is 5.69 Å². The lowest BCUT2D eigenvalue weighted by molar-refractivity contribution is -0.119. The molecule has 1 amide bonds. The summed E-state index contributed by atoms with van der Waals surface area (Å²) in [7, 11) is -0.775. The Bertz CT molecular complexity index is 1050. The molecule has 0 bridgehead atoms. The smallest absolute Gasteiger partial charge is 0.241 e. The van der Waals surface area contributed by atoms with Gasteiger partial charge in [-0.15, -0.1) is 0 Å². The number of hydrogen-bond acceptors (Lipinski definition) is 6. The van der Waals surface area contributed by atoms with Crippen molar-refractivity contribution in [3.05, 3.63) is 53.6 Å². The van der Waals surface area contributed by atoms with Crippen LogP contribution in [0.15, 0.2) is 42.5 Å². The van der Waals surface area contributed by atoms with Gasteiger partial charge in [-0.3, -0.25) is 14.0 Å². The standard InChI is InChI=1S/C24H33N3O5S/c1-31-21-11-12-22(23(15-21)32-2)27(33(3,29)30)18-24(28)25-16-19-9-5-6-10-20(19)17-26-13-7-4-8-14-26/h5-6,9-12,15H,4,7-8,13-14,16-18H2,1-3H3,(H,25,28). The summed E-state index contributed by atoms with van der Waals surface area (Å²) in [6, 6.07) is 12.8. The fourth-order valence-electron chi connectivity index (χ4n) is 3.99. The molecule has 1 aliphatic heterocycles. The van der Waals surface area contributed by atoms with Gasteiger partial charge >= 0.3 is 0 Å². The molecule has 0 spiro atoms. The van der Waals surface area contributed by atoms with Crippen molar-refractivity contribution in [2.45, 2.75) is 32.4 Å². The van der Waals surface area contributed by atoms with Crippen LogP contribution in [0.2, 0.25) is 0 Å². The minimum atomic E-state index is -3.73. The third kappa shape index (κ3) is 6.85. The Labute approximate surface area is 196 Å². The predicted molar refractivity (Wildman–Crippen MR) is 129 cm³/mol. The number of ether oxygens (including phenoxy) is 2. The quantitative estimate of drug-likeness (QED) is 0.569. The summed E-state index contributed by atoms with van der Waals surface area (Å²) in [6.07, 6.45) is 4.78. The molecule has 1 N–H and O–H groups in total. The van der Waals surface area contributed by atoms with Gasteiger partial charge in [-0.05, 0) is 49.2 Å². The summed E-state index contributed by atoms with van der Waals surface area (Å²) in [5, 5.41) is 2.88. The van der Waals surface area contributed by atoms with E-state index in [1.165, 1.54) is 39.0 Å². The molecule has 33 heavy (non-hydrogen) atoms. The van der Waals surface area contributed by atoms with E-state index in [4.69, 9.17) is 9.47 Å². The number of carbonyl (C=O) groups is 1. The lowest BCUT2D eigenvalue weighted by Crippen LogP contribution is -2.40. The molecule has 2 aromatic rings. The van der Waals surface area contributed by atoms with Gasteiger partial charge in [-0.25, -0.2) is 8.42 Å². The molecule has 0 unspecified atom stereocenters. The zero-order chi connectivity index (χ0) is 23.8. The van der Waals surface area contributed by atoms with Crippen LogP contribution in [0.5, 0.6) is 11.5 Å². The van der Waals surface area contributed by atoms with Crippen molar-refractivity contribution in [3.8, 4) is 11.5 Å². The number of benzene rings is 2. The molecule has 0 aliphatic carbocycles. The summed E-state index contributed by atoms with van der Waals surface area (Å²) in [4.78, 5) is 15.2. The number of piperidine rings is 1. The second-order valence-electron chi connectivity index (χ2n) is 8.19. The average Bonchev–Trinajstić information content (AvgIpc) is 2.81. The second kappa shape index (κ2) is 11.4. The minimum absolute atomic E-state index is 0.279. The van der Waals surface area contributed by atoms with Gasteiger partial charge in [0, 0.05) is 19.2 Å². The first kappa shape index (κ1) is 24.9. The second-order valence-corrected chi connectivity index (χ2v) is 10.1. The van der Waals surface area contributed by atoms with Gasteiger partial charge in [-0.2, -0.15) is 0 Å². The number of hydrogen-bond donors (Lipinski definition) is 1. The summed E-state index contributed by atoms with van der Waals surface area (Å²) >= 11 is 0. The van der Waals surface area contributed by atoms with Crippen LogP contribution < -0.4 is 19.1 Å². The highest BCUT2D eigenvalue weighted by atomic mass is 32.2. The molecule has 9 heteroatoms. The molecule has 3 rings (SSSR count). The summed E-state index contributed by atoms with van der Waals surface area (Å²) in [5.41, 5.74) is 2.49. The van der Waals surface area contributed by atoms with Crippen LogP contribution in [0.3, 0.4) is 0 Å². The number of methoxy groups -OCH3 is 2. The number of nitrogens with one attached hydrogen (secondary N) is 1. The Morgan fingerprint density at radius 2 is 1.73 bits per heavy atom. The number of amides is 1. The molecule has 0 saturated carbocycles. The first-order valence-electron chi connectivity index (χ1n) is 11.1. The maximum atomic E-state index is 12.8.